The molecule has 1 aromatic rings. The summed E-state index contributed by atoms with van der Waals surface area (Å²) < 4.78 is 27.7. The molecule has 3 rings (SSSR count). The molecule has 2 fully saturated rings. The molecule has 0 unspecified atom stereocenters. The van der Waals surface area contributed by atoms with Crippen molar-refractivity contribution in [1.82, 2.24) is 15.0 Å². The quantitative estimate of drug-likeness (QED) is 0.183. The Morgan fingerprint density at radius 3 is 2.24 bits per heavy atom. The molecule has 12 heteroatoms. The second-order valence-corrected chi connectivity index (χ2v) is 9.17. The topological polar surface area (TPSA) is 164 Å². The first-order valence-corrected chi connectivity index (χ1v) is 12.7. The molecule has 9 N–H and O–H groups in total. The minimum Gasteiger partial charge on any atom is -0.483 e. The van der Waals surface area contributed by atoms with E-state index in [9.17, 15) is 8.78 Å². The smallest absolute Gasteiger partial charge is 0.290 e. The minimum absolute atomic E-state index is 0.175. The highest BCUT2D eigenvalue weighted by Crippen LogP contribution is 2.35. The van der Waals surface area contributed by atoms with E-state index in [1.165, 1.54) is 22.6 Å². The van der Waals surface area contributed by atoms with Crippen LogP contribution in [-0.2, 0) is 4.79 Å². The van der Waals surface area contributed by atoms with Crippen molar-refractivity contribution in [3.8, 4) is 0 Å². The Balaban J connectivity index is 0.00000104. The Morgan fingerprint density at radius 1 is 1.22 bits per heavy atom. The Morgan fingerprint density at radius 2 is 1.78 bits per heavy atom. The van der Waals surface area contributed by atoms with Gasteiger partial charge in [-0.3, -0.25) is 4.79 Å². The highest BCUT2D eigenvalue weighted by atomic mass is 19.3. The molecule has 1 saturated carbocycles. The van der Waals surface area contributed by atoms with Crippen LogP contribution < -0.4 is 28.1 Å². The number of aromatic nitrogens is 1. The first kappa shape index (κ1) is 31.9. The van der Waals surface area contributed by atoms with E-state index in [4.69, 9.17) is 33.1 Å². The molecule has 1 saturated heterocycles. The van der Waals surface area contributed by atoms with E-state index in [1.807, 2.05) is 4.90 Å². The Hall–Kier alpha value is -3.12. The highest BCUT2D eigenvalue weighted by molar-refractivity contribution is 5.66. The maximum absolute atomic E-state index is 13.8. The van der Waals surface area contributed by atoms with Crippen LogP contribution in [0.25, 0.3) is 5.70 Å². The van der Waals surface area contributed by atoms with Crippen molar-refractivity contribution in [3.63, 3.8) is 0 Å². The van der Waals surface area contributed by atoms with Crippen LogP contribution in [0.2, 0.25) is 0 Å². The number of carbonyl (C=O) groups is 1. The maximum Gasteiger partial charge on any atom is 0.290 e. The van der Waals surface area contributed by atoms with Gasteiger partial charge in [0.25, 0.3) is 12.9 Å². The Labute approximate surface area is 218 Å². The molecule has 1 aliphatic carbocycles. The lowest BCUT2D eigenvalue weighted by molar-refractivity contribution is -0.122. The molecule has 0 atom stereocenters. The first-order chi connectivity index (χ1) is 17.6. The van der Waals surface area contributed by atoms with Crippen LogP contribution in [0.5, 0.6) is 0 Å². The summed E-state index contributed by atoms with van der Waals surface area (Å²) in [5.74, 6) is 12.8. The van der Waals surface area contributed by atoms with Crippen molar-refractivity contribution in [2.75, 3.05) is 31.6 Å². The van der Waals surface area contributed by atoms with Crippen molar-refractivity contribution < 1.29 is 18.7 Å². The fourth-order valence-electron chi connectivity index (χ4n) is 3.88. The molecule has 210 valence electrons. The zero-order valence-corrected chi connectivity index (χ0v) is 22.2. The summed E-state index contributed by atoms with van der Waals surface area (Å²) in [4.78, 5) is 14.6. The number of hydrogen-bond acceptors (Lipinski definition) is 9. The summed E-state index contributed by atoms with van der Waals surface area (Å²) in [6.45, 7) is 5.68. The van der Waals surface area contributed by atoms with Crippen LogP contribution in [0.15, 0.2) is 29.7 Å². The van der Waals surface area contributed by atoms with E-state index in [0.717, 1.165) is 57.3 Å². The van der Waals surface area contributed by atoms with Gasteiger partial charge in [0.2, 0.25) is 0 Å². The number of hydrogen-bond donors (Lipinski definition) is 5. The molecule has 37 heavy (non-hydrogen) atoms. The highest BCUT2D eigenvalue weighted by Gasteiger charge is 2.26. The monoisotopic (exact) mass is 526 g/mol. The first-order valence-electron chi connectivity index (χ1n) is 12.7. The van der Waals surface area contributed by atoms with Gasteiger partial charge in [-0.25, -0.2) is 25.5 Å². The minimum atomic E-state index is -2.71. The number of nitrogens with two attached hydrogens (primary N) is 4. The van der Waals surface area contributed by atoms with Crippen LogP contribution >= 0.6 is 0 Å². The van der Waals surface area contributed by atoms with Gasteiger partial charge >= 0.3 is 0 Å². The molecule has 2 heterocycles. The van der Waals surface area contributed by atoms with Crippen LogP contribution in [0.4, 0.5) is 14.5 Å². The number of allylic oxidation sites excluding steroid dienone is 1. The average Bonchev–Trinajstić information content (AvgIpc) is 3.70. The third-order valence-electron chi connectivity index (χ3n) is 5.89. The zero-order chi connectivity index (χ0) is 28.0. The summed E-state index contributed by atoms with van der Waals surface area (Å²) >= 11 is 0. The number of pyridine rings is 1. The van der Waals surface area contributed by atoms with Crippen molar-refractivity contribution >= 4 is 17.9 Å². The molecule has 0 radical (unpaired) electrons. The molecule has 2 aliphatic rings. The van der Waals surface area contributed by atoms with E-state index in [2.05, 4.69) is 18.8 Å². The number of hydrazine groups is 2. The summed E-state index contributed by atoms with van der Waals surface area (Å²) in [7, 11) is 1.62. The number of likely N-dealkylation sites (N-methyl/N-ethyl adjacent to an activating group) is 1. The number of nitrogens with zero attached hydrogens (tertiary/aromatic N) is 4. The van der Waals surface area contributed by atoms with Crippen molar-refractivity contribution in [2.45, 2.75) is 65.2 Å². The van der Waals surface area contributed by atoms with Gasteiger partial charge in [-0.1, -0.05) is 20.3 Å². The van der Waals surface area contributed by atoms with Crippen LogP contribution in [-0.4, -0.2) is 53.3 Å². The van der Waals surface area contributed by atoms with Gasteiger partial charge in [0.1, 0.15) is 5.69 Å². The normalized spacial score (nSPS) is 16.1. The molecule has 0 amide bonds. The van der Waals surface area contributed by atoms with Crippen LogP contribution in [0.3, 0.4) is 0 Å². The summed E-state index contributed by atoms with van der Waals surface area (Å²) in [6.07, 6.45) is 6.23. The van der Waals surface area contributed by atoms with Gasteiger partial charge in [-0.05, 0) is 56.6 Å². The molecule has 0 bridgehead atoms. The van der Waals surface area contributed by atoms with E-state index >= 15 is 0 Å². The summed E-state index contributed by atoms with van der Waals surface area (Å²) in [5.41, 5.74) is 14.0. The van der Waals surface area contributed by atoms with E-state index in [-0.39, 0.29) is 30.1 Å². The van der Waals surface area contributed by atoms with Crippen LogP contribution in [0.1, 0.15) is 76.6 Å². The lowest BCUT2D eigenvalue weighted by Gasteiger charge is -2.30. The Kier molecular flexibility index (Phi) is 14.3. The molecule has 0 aromatic carbocycles. The van der Waals surface area contributed by atoms with Crippen molar-refractivity contribution in [3.05, 3.63) is 41.1 Å². The van der Waals surface area contributed by atoms with Gasteiger partial charge < -0.3 is 31.5 Å². The number of anilines is 1. The molecule has 1 aromatic heterocycles. The predicted molar refractivity (Wildman–Crippen MR) is 143 cm³/mol. The fourth-order valence-corrected chi connectivity index (χ4v) is 3.88. The lowest BCUT2D eigenvalue weighted by atomic mass is 10.1. The van der Waals surface area contributed by atoms with Gasteiger partial charge in [0.15, 0.2) is 0 Å². The van der Waals surface area contributed by atoms with Gasteiger partial charge in [-0.15, -0.1) is 0 Å². The van der Waals surface area contributed by atoms with Gasteiger partial charge in [-0.2, -0.15) is 0 Å². The average molecular weight is 527 g/mol. The number of rotatable bonds is 9. The molecular weight excluding hydrogens is 482 g/mol. The SMILES string of the molecule is CCC.CN(N)/C(CN(N)/C(=C\N)CC1CC1)=C(\N)c1ccc(N2CCCCC2)c(C(F)F)n1.O=CO. The van der Waals surface area contributed by atoms with Crippen LogP contribution in [0, 0.1) is 5.92 Å². The molecule has 0 spiro atoms. The fraction of sp³-hybridized carbons (Fsp3) is 0.600. The third-order valence-corrected chi connectivity index (χ3v) is 5.89. The molecule has 10 nitrogen and oxygen atoms in total. The van der Waals surface area contributed by atoms with E-state index < -0.39 is 6.43 Å². The second kappa shape index (κ2) is 16.6. The summed E-state index contributed by atoms with van der Waals surface area (Å²) in [5, 5.41) is 9.72. The van der Waals surface area contributed by atoms with Crippen molar-refractivity contribution in [1.29, 1.82) is 0 Å². The number of piperidine rings is 1. The number of halogens is 2. The van der Waals surface area contributed by atoms with Gasteiger partial charge in [0.05, 0.1) is 29.3 Å². The lowest BCUT2D eigenvalue weighted by Crippen LogP contribution is -2.40. The number of alkyl halides is 2. The second-order valence-electron chi connectivity index (χ2n) is 9.17. The third kappa shape index (κ3) is 10.4. The Bertz CT molecular complexity index is 885. The molecule has 1 aliphatic heterocycles. The largest absolute Gasteiger partial charge is 0.483 e. The summed E-state index contributed by atoms with van der Waals surface area (Å²) in [6, 6.07) is 3.34. The standard InChI is InChI=1S/C21H34F2N8.C3H8.CH2O2/c1-29(26)18(13-31(27)15(12-24)11-14-5-6-14)19(25)16-7-8-17(20(28-16)21(22)23)30-9-3-2-4-10-30;1-3-2;2-1-3/h7-8,12,14,21H,2-6,9-11,13,24-27H2,1H3;3H2,1-2H3;1H,(H,2,3)/b15-12-,19-18-;;. The van der Waals surface area contributed by atoms with E-state index in [0.29, 0.717) is 17.3 Å². The van der Waals surface area contributed by atoms with Gasteiger partial charge in [0, 0.05) is 32.0 Å². The van der Waals surface area contributed by atoms with Crippen molar-refractivity contribution in [2.24, 2.45) is 29.1 Å². The zero-order valence-electron chi connectivity index (χ0n) is 22.2. The van der Waals surface area contributed by atoms with E-state index in [1.54, 1.807) is 19.2 Å². The molecular formula is C25H44F2N8O2. The maximum atomic E-state index is 13.8. The predicted octanol–water partition coefficient (Wildman–Crippen LogP) is 3.34. The number of carboxylic acid groups (broad SMARTS) is 1.